The molecule has 0 saturated heterocycles. The SMILES string of the molecule is Cc1cc2c(C#N)c(C(=O)O)[nH]c2s1. The van der Waals surface area contributed by atoms with Gasteiger partial charge in [0.2, 0.25) is 0 Å². The summed E-state index contributed by atoms with van der Waals surface area (Å²) in [7, 11) is 0. The number of carbonyl (C=O) groups is 1. The molecule has 2 aromatic heterocycles. The average Bonchev–Trinajstić information content (AvgIpc) is 2.59. The highest BCUT2D eigenvalue weighted by Crippen LogP contribution is 2.29. The highest BCUT2D eigenvalue weighted by Gasteiger charge is 2.17. The molecule has 0 aliphatic rings. The van der Waals surface area contributed by atoms with Gasteiger partial charge in [0, 0.05) is 10.3 Å². The number of aryl methyl sites for hydroxylation is 1. The molecule has 2 N–H and O–H groups in total. The topological polar surface area (TPSA) is 76.9 Å². The van der Waals surface area contributed by atoms with E-state index in [-0.39, 0.29) is 11.3 Å². The van der Waals surface area contributed by atoms with Crippen molar-refractivity contribution < 1.29 is 9.90 Å². The highest BCUT2D eigenvalue weighted by atomic mass is 32.1. The maximum Gasteiger partial charge on any atom is 0.353 e. The molecule has 0 radical (unpaired) electrons. The normalized spacial score (nSPS) is 10.3. The lowest BCUT2D eigenvalue weighted by molar-refractivity contribution is 0.0691. The Labute approximate surface area is 83.4 Å². The summed E-state index contributed by atoms with van der Waals surface area (Å²) in [5.74, 6) is -1.09. The van der Waals surface area contributed by atoms with E-state index in [4.69, 9.17) is 10.4 Å². The largest absolute Gasteiger partial charge is 0.477 e. The third-order valence-corrected chi connectivity index (χ3v) is 2.90. The molecule has 70 valence electrons. The summed E-state index contributed by atoms with van der Waals surface area (Å²) in [6, 6.07) is 3.73. The molecule has 0 bridgehead atoms. The van der Waals surface area contributed by atoms with E-state index in [1.54, 1.807) is 0 Å². The number of aromatic carboxylic acids is 1. The number of aromatic nitrogens is 1. The molecule has 4 nitrogen and oxygen atoms in total. The molecule has 2 heterocycles. The van der Waals surface area contributed by atoms with Gasteiger partial charge in [-0.3, -0.25) is 0 Å². The zero-order valence-electron chi connectivity index (χ0n) is 7.29. The smallest absolute Gasteiger partial charge is 0.353 e. The molecule has 2 rings (SSSR count). The standard InChI is InChI=1S/C9H6N2O2S/c1-4-2-5-6(3-10)7(9(12)13)11-8(5)14-4/h2,11H,1H3,(H,12,13). The summed E-state index contributed by atoms with van der Waals surface area (Å²) < 4.78 is 0. The Morgan fingerprint density at radius 3 is 3.00 bits per heavy atom. The van der Waals surface area contributed by atoms with Crippen LogP contribution in [0.3, 0.4) is 0 Å². The highest BCUT2D eigenvalue weighted by molar-refractivity contribution is 7.18. The van der Waals surface area contributed by atoms with Gasteiger partial charge in [0.05, 0.1) is 5.56 Å². The maximum atomic E-state index is 10.8. The molecule has 0 aliphatic carbocycles. The number of rotatable bonds is 1. The first-order valence-electron chi connectivity index (χ1n) is 3.89. The summed E-state index contributed by atoms with van der Waals surface area (Å²) in [6.45, 7) is 1.92. The molecule has 0 atom stereocenters. The third kappa shape index (κ3) is 1.09. The van der Waals surface area contributed by atoms with Gasteiger partial charge in [-0.25, -0.2) is 4.79 Å². The molecule has 0 saturated carbocycles. The fraction of sp³-hybridized carbons (Fsp3) is 0.111. The van der Waals surface area contributed by atoms with Crippen molar-refractivity contribution in [1.82, 2.24) is 4.98 Å². The summed E-state index contributed by atoms with van der Waals surface area (Å²) in [5.41, 5.74) is 0.200. The van der Waals surface area contributed by atoms with Crippen molar-refractivity contribution in [1.29, 1.82) is 5.26 Å². The van der Waals surface area contributed by atoms with Gasteiger partial charge in [-0.15, -0.1) is 11.3 Å². The van der Waals surface area contributed by atoms with Crippen molar-refractivity contribution in [3.8, 4) is 6.07 Å². The zero-order chi connectivity index (χ0) is 10.3. The van der Waals surface area contributed by atoms with Gasteiger partial charge < -0.3 is 10.1 Å². The molecule has 0 unspecified atom stereocenters. The van der Waals surface area contributed by atoms with Crippen molar-refractivity contribution in [2.45, 2.75) is 6.92 Å². The van der Waals surface area contributed by atoms with E-state index in [0.29, 0.717) is 5.39 Å². The fourth-order valence-electron chi connectivity index (χ4n) is 1.38. The summed E-state index contributed by atoms with van der Waals surface area (Å²) >= 11 is 1.45. The number of H-pyrrole nitrogens is 1. The number of aromatic amines is 1. The van der Waals surface area contributed by atoms with Crippen LogP contribution in [0.15, 0.2) is 6.07 Å². The lowest BCUT2D eigenvalue weighted by Crippen LogP contribution is -1.98. The summed E-state index contributed by atoms with van der Waals surface area (Å²) in [5, 5.41) is 18.3. The van der Waals surface area contributed by atoms with Crippen LogP contribution >= 0.6 is 11.3 Å². The first-order valence-corrected chi connectivity index (χ1v) is 4.70. The second kappa shape index (κ2) is 2.86. The number of hydrogen-bond donors (Lipinski definition) is 2. The Bertz CT molecular complexity index is 559. The van der Waals surface area contributed by atoms with Crippen LogP contribution in [0.4, 0.5) is 0 Å². The van der Waals surface area contributed by atoms with Crippen LogP contribution in [0.25, 0.3) is 10.2 Å². The second-order valence-electron chi connectivity index (χ2n) is 2.89. The van der Waals surface area contributed by atoms with E-state index >= 15 is 0 Å². The number of fused-ring (bicyclic) bond motifs is 1. The minimum Gasteiger partial charge on any atom is -0.477 e. The monoisotopic (exact) mass is 206 g/mol. The van der Waals surface area contributed by atoms with Crippen molar-refractivity contribution in [2.24, 2.45) is 0 Å². The lowest BCUT2D eigenvalue weighted by Gasteiger charge is -1.88. The van der Waals surface area contributed by atoms with Crippen molar-refractivity contribution in [3.63, 3.8) is 0 Å². The van der Waals surface area contributed by atoms with Crippen molar-refractivity contribution in [2.75, 3.05) is 0 Å². The van der Waals surface area contributed by atoms with Gasteiger partial charge in [-0.2, -0.15) is 5.26 Å². The van der Waals surface area contributed by atoms with E-state index < -0.39 is 5.97 Å². The molecule has 0 amide bonds. The van der Waals surface area contributed by atoms with E-state index in [1.807, 2.05) is 19.1 Å². The molecular weight excluding hydrogens is 200 g/mol. The lowest BCUT2D eigenvalue weighted by atomic mass is 10.2. The number of nitrogens with zero attached hydrogens (tertiary/aromatic N) is 1. The molecular formula is C9H6N2O2S. The Morgan fingerprint density at radius 1 is 1.71 bits per heavy atom. The molecule has 0 aliphatic heterocycles. The number of carboxylic acids is 1. The average molecular weight is 206 g/mol. The summed E-state index contributed by atoms with van der Waals surface area (Å²) in [6.07, 6.45) is 0. The second-order valence-corrected chi connectivity index (χ2v) is 4.15. The number of nitriles is 1. The number of hydrogen-bond acceptors (Lipinski definition) is 3. The Hall–Kier alpha value is -1.80. The van der Waals surface area contributed by atoms with Crippen molar-refractivity contribution >= 4 is 27.5 Å². The van der Waals surface area contributed by atoms with Crippen LogP contribution < -0.4 is 0 Å². The Balaban J connectivity index is 2.83. The van der Waals surface area contributed by atoms with Gasteiger partial charge in [0.25, 0.3) is 0 Å². The van der Waals surface area contributed by atoms with Gasteiger partial charge >= 0.3 is 5.97 Å². The van der Waals surface area contributed by atoms with Crippen LogP contribution in [0.2, 0.25) is 0 Å². The maximum absolute atomic E-state index is 10.8. The Morgan fingerprint density at radius 2 is 2.43 bits per heavy atom. The number of carboxylic acid groups (broad SMARTS) is 1. The first-order chi connectivity index (χ1) is 6.63. The third-order valence-electron chi connectivity index (χ3n) is 1.94. The van der Waals surface area contributed by atoms with Crippen molar-refractivity contribution in [3.05, 3.63) is 22.2 Å². The zero-order valence-corrected chi connectivity index (χ0v) is 8.10. The van der Waals surface area contributed by atoms with Crippen LogP contribution in [-0.2, 0) is 0 Å². The molecule has 0 aromatic carbocycles. The molecule has 0 spiro atoms. The number of thiophene rings is 1. The number of nitrogens with one attached hydrogen (secondary N) is 1. The van der Waals surface area contributed by atoms with E-state index in [0.717, 1.165) is 9.71 Å². The van der Waals surface area contributed by atoms with Gasteiger partial charge in [-0.1, -0.05) is 0 Å². The molecule has 14 heavy (non-hydrogen) atoms. The van der Waals surface area contributed by atoms with Crippen LogP contribution in [0, 0.1) is 18.3 Å². The fourth-order valence-corrected chi connectivity index (χ4v) is 2.30. The van der Waals surface area contributed by atoms with Gasteiger partial charge in [-0.05, 0) is 13.0 Å². The first kappa shape index (κ1) is 8.78. The van der Waals surface area contributed by atoms with E-state index in [1.165, 1.54) is 11.3 Å². The minimum absolute atomic E-state index is 0.0197. The minimum atomic E-state index is -1.09. The quantitative estimate of drug-likeness (QED) is 0.750. The molecule has 2 aromatic rings. The Kier molecular flexibility index (Phi) is 1.79. The van der Waals surface area contributed by atoms with Gasteiger partial charge in [0.1, 0.15) is 16.6 Å². The van der Waals surface area contributed by atoms with Crippen LogP contribution in [0.1, 0.15) is 20.9 Å². The predicted octanol–water partition coefficient (Wildman–Crippen LogP) is 2.11. The summed E-state index contributed by atoms with van der Waals surface area (Å²) in [4.78, 5) is 15.3. The molecule has 0 fully saturated rings. The predicted molar refractivity (Wildman–Crippen MR) is 52.6 cm³/mol. The van der Waals surface area contributed by atoms with E-state index in [2.05, 4.69) is 4.98 Å². The van der Waals surface area contributed by atoms with E-state index in [9.17, 15) is 4.79 Å². The molecule has 5 heteroatoms. The van der Waals surface area contributed by atoms with Gasteiger partial charge in [0.15, 0.2) is 0 Å². The van der Waals surface area contributed by atoms with Crippen LogP contribution in [-0.4, -0.2) is 16.1 Å². The van der Waals surface area contributed by atoms with Crippen LogP contribution in [0.5, 0.6) is 0 Å².